The van der Waals surface area contributed by atoms with Crippen molar-refractivity contribution >= 4 is 17.5 Å². The maximum absolute atomic E-state index is 11.8. The van der Waals surface area contributed by atoms with Crippen molar-refractivity contribution in [2.45, 2.75) is 13.5 Å². The Balaban J connectivity index is 2.07. The number of pyridine rings is 2. The van der Waals surface area contributed by atoms with E-state index in [-0.39, 0.29) is 17.5 Å². The van der Waals surface area contributed by atoms with E-state index in [0.29, 0.717) is 16.4 Å². The van der Waals surface area contributed by atoms with Gasteiger partial charge < -0.3 is 10.3 Å². The highest BCUT2D eigenvalue weighted by Crippen LogP contribution is 2.07. The van der Waals surface area contributed by atoms with Gasteiger partial charge >= 0.3 is 0 Å². The molecule has 6 heteroatoms. The van der Waals surface area contributed by atoms with E-state index in [0.717, 1.165) is 0 Å². The van der Waals surface area contributed by atoms with Crippen LogP contribution in [0.25, 0.3) is 0 Å². The maximum atomic E-state index is 11.8. The summed E-state index contributed by atoms with van der Waals surface area (Å²) in [6.45, 7) is 1.96. The van der Waals surface area contributed by atoms with Gasteiger partial charge in [-0.3, -0.25) is 14.6 Å². The van der Waals surface area contributed by atoms with Crippen LogP contribution in [0.15, 0.2) is 35.4 Å². The Bertz CT molecular complexity index is 667. The zero-order valence-electron chi connectivity index (χ0n) is 10.2. The molecule has 0 atom stereocenters. The van der Waals surface area contributed by atoms with Crippen molar-refractivity contribution in [3.05, 3.63) is 62.8 Å². The lowest BCUT2D eigenvalue weighted by atomic mass is 10.2. The Labute approximate surface area is 114 Å². The highest BCUT2D eigenvalue weighted by Gasteiger charge is 2.10. The predicted octanol–water partition coefficient (Wildman–Crippen LogP) is 1.66. The van der Waals surface area contributed by atoms with Gasteiger partial charge in [-0.05, 0) is 19.1 Å². The Morgan fingerprint density at radius 2 is 2.26 bits per heavy atom. The van der Waals surface area contributed by atoms with Crippen LogP contribution in [0.2, 0.25) is 5.02 Å². The molecule has 1 amide bonds. The molecule has 0 saturated carbocycles. The molecule has 0 spiro atoms. The Hall–Kier alpha value is -2.14. The lowest BCUT2D eigenvalue weighted by molar-refractivity contribution is 0.0949. The number of rotatable bonds is 3. The number of carbonyl (C=O) groups excluding carboxylic acids is 1. The van der Waals surface area contributed by atoms with Gasteiger partial charge in [0.1, 0.15) is 5.56 Å². The van der Waals surface area contributed by atoms with Crippen molar-refractivity contribution in [2.75, 3.05) is 0 Å². The van der Waals surface area contributed by atoms with Crippen molar-refractivity contribution in [3.8, 4) is 0 Å². The van der Waals surface area contributed by atoms with E-state index in [4.69, 9.17) is 11.6 Å². The van der Waals surface area contributed by atoms with E-state index < -0.39 is 5.91 Å². The zero-order valence-corrected chi connectivity index (χ0v) is 11.0. The van der Waals surface area contributed by atoms with Gasteiger partial charge in [0.05, 0.1) is 12.2 Å². The van der Waals surface area contributed by atoms with Crippen LogP contribution in [0.5, 0.6) is 0 Å². The first-order valence-electron chi connectivity index (χ1n) is 5.64. The quantitative estimate of drug-likeness (QED) is 0.896. The van der Waals surface area contributed by atoms with Gasteiger partial charge in [-0.15, -0.1) is 0 Å². The van der Waals surface area contributed by atoms with Gasteiger partial charge in [0.15, 0.2) is 5.43 Å². The van der Waals surface area contributed by atoms with Crippen LogP contribution in [-0.2, 0) is 6.54 Å². The summed E-state index contributed by atoms with van der Waals surface area (Å²) in [5.41, 5.74) is 1.10. The number of aromatic amines is 1. The van der Waals surface area contributed by atoms with Gasteiger partial charge in [0, 0.05) is 29.2 Å². The molecule has 0 bridgehead atoms. The largest absolute Gasteiger partial charge is 0.364 e. The standard InChI is InChI=1S/C13H12ClN3O2/c1-8-4-12(18)11(7-16-8)13(19)17-6-10-5-9(14)2-3-15-10/h2-5,7H,6H2,1H3,(H,16,18)(H,17,19). The molecule has 0 saturated heterocycles. The van der Waals surface area contributed by atoms with E-state index in [1.54, 1.807) is 25.3 Å². The Morgan fingerprint density at radius 1 is 1.47 bits per heavy atom. The molecule has 0 radical (unpaired) electrons. The number of carbonyl (C=O) groups is 1. The summed E-state index contributed by atoms with van der Waals surface area (Å²) in [5.74, 6) is -0.442. The number of H-pyrrole nitrogens is 1. The summed E-state index contributed by atoms with van der Waals surface area (Å²) in [7, 11) is 0. The molecule has 0 aliphatic carbocycles. The average molecular weight is 278 g/mol. The van der Waals surface area contributed by atoms with E-state index in [2.05, 4.69) is 15.3 Å². The molecular weight excluding hydrogens is 266 g/mol. The first-order valence-corrected chi connectivity index (χ1v) is 6.02. The van der Waals surface area contributed by atoms with E-state index in [1.165, 1.54) is 12.3 Å². The summed E-state index contributed by atoms with van der Waals surface area (Å²) in [5, 5.41) is 3.17. The molecule has 0 aliphatic rings. The smallest absolute Gasteiger partial charge is 0.257 e. The third kappa shape index (κ3) is 3.42. The predicted molar refractivity (Wildman–Crippen MR) is 72.2 cm³/mol. The summed E-state index contributed by atoms with van der Waals surface area (Å²) in [4.78, 5) is 30.4. The topological polar surface area (TPSA) is 74.8 Å². The SMILES string of the molecule is Cc1cc(=O)c(C(=O)NCc2cc(Cl)ccn2)c[nH]1. The number of hydrogen-bond acceptors (Lipinski definition) is 3. The van der Waals surface area contributed by atoms with Crippen LogP contribution in [0, 0.1) is 6.92 Å². The number of hydrogen-bond donors (Lipinski definition) is 2. The fourth-order valence-electron chi connectivity index (χ4n) is 1.56. The molecule has 2 rings (SSSR count). The molecule has 19 heavy (non-hydrogen) atoms. The van der Waals surface area contributed by atoms with E-state index in [1.807, 2.05) is 0 Å². The van der Waals surface area contributed by atoms with Crippen molar-refractivity contribution in [1.82, 2.24) is 15.3 Å². The molecule has 0 unspecified atom stereocenters. The third-order valence-electron chi connectivity index (χ3n) is 2.51. The van der Waals surface area contributed by atoms with Crippen LogP contribution in [0.3, 0.4) is 0 Å². The lowest BCUT2D eigenvalue weighted by Crippen LogP contribution is -2.28. The van der Waals surface area contributed by atoms with Crippen LogP contribution in [0.1, 0.15) is 21.7 Å². The van der Waals surface area contributed by atoms with Crippen molar-refractivity contribution in [1.29, 1.82) is 0 Å². The first-order chi connectivity index (χ1) is 9.06. The second-order valence-electron chi connectivity index (χ2n) is 4.04. The molecular formula is C13H12ClN3O2. The maximum Gasteiger partial charge on any atom is 0.257 e. The monoisotopic (exact) mass is 277 g/mol. The second-order valence-corrected chi connectivity index (χ2v) is 4.48. The summed E-state index contributed by atoms with van der Waals surface area (Å²) in [6, 6.07) is 4.69. The highest BCUT2D eigenvalue weighted by atomic mass is 35.5. The van der Waals surface area contributed by atoms with Crippen molar-refractivity contribution in [2.24, 2.45) is 0 Å². The van der Waals surface area contributed by atoms with Crippen LogP contribution >= 0.6 is 11.6 Å². The highest BCUT2D eigenvalue weighted by molar-refractivity contribution is 6.30. The second kappa shape index (κ2) is 5.67. The molecule has 98 valence electrons. The van der Waals surface area contributed by atoms with Crippen molar-refractivity contribution < 1.29 is 4.79 Å². The van der Waals surface area contributed by atoms with E-state index >= 15 is 0 Å². The van der Waals surface area contributed by atoms with Crippen molar-refractivity contribution in [3.63, 3.8) is 0 Å². The fraction of sp³-hybridized carbons (Fsp3) is 0.154. The zero-order chi connectivity index (χ0) is 13.8. The van der Waals surface area contributed by atoms with Gasteiger partial charge in [0.25, 0.3) is 5.91 Å². The van der Waals surface area contributed by atoms with Gasteiger partial charge in [-0.2, -0.15) is 0 Å². The molecule has 0 aromatic carbocycles. The van der Waals surface area contributed by atoms with Crippen LogP contribution in [-0.4, -0.2) is 15.9 Å². The summed E-state index contributed by atoms with van der Waals surface area (Å²) >= 11 is 5.81. The number of aromatic nitrogens is 2. The summed E-state index contributed by atoms with van der Waals surface area (Å²) < 4.78 is 0. The minimum Gasteiger partial charge on any atom is -0.364 e. The molecule has 2 N–H and O–H groups in total. The molecule has 0 fully saturated rings. The van der Waals surface area contributed by atoms with Crippen LogP contribution < -0.4 is 10.7 Å². The minimum absolute atomic E-state index is 0.0765. The lowest BCUT2D eigenvalue weighted by Gasteiger charge is -2.05. The van der Waals surface area contributed by atoms with Gasteiger partial charge in [-0.1, -0.05) is 11.6 Å². The number of aryl methyl sites for hydroxylation is 1. The molecule has 2 heterocycles. The molecule has 5 nitrogen and oxygen atoms in total. The average Bonchev–Trinajstić information content (AvgIpc) is 2.36. The van der Waals surface area contributed by atoms with Gasteiger partial charge in [0.2, 0.25) is 0 Å². The third-order valence-corrected chi connectivity index (χ3v) is 2.75. The van der Waals surface area contributed by atoms with Gasteiger partial charge in [-0.25, -0.2) is 0 Å². The normalized spacial score (nSPS) is 10.2. The first kappa shape index (κ1) is 13.3. The Kier molecular flexibility index (Phi) is 3.97. The fourth-order valence-corrected chi connectivity index (χ4v) is 1.74. The molecule has 2 aromatic heterocycles. The van der Waals surface area contributed by atoms with Crippen LogP contribution in [0.4, 0.5) is 0 Å². The van der Waals surface area contributed by atoms with E-state index in [9.17, 15) is 9.59 Å². The minimum atomic E-state index is -0.442. The number of nitrogens with one attached hydrogen (secondary N) is 2. The molecule has 0 aliphatic heterocycles. The summed E-state index contributed by atoms with van der Waals surface area (Å²) in [6.07, 6.45) is 2.96. The Morgan fingerprint density at radius 3 is 2.95 bits per heavy atom. The number of halogens is 1. The number of amides is 1. The molecule has 2 aromatic rings. The number of nitrogens with zero attached hydrogens (tertiary/aromatic N) is 1.